The first kappa shape index (κ1) is 26.3. The van der Waals surface area contributed by atoms with Gasteiger partial charge in [-0.25, -0.2) is 4.98 Å². The summed E-state index contributed by atoms with van der Waals surface area (Å²) in [6.07, 6.45) is 7.01. The lowest BCUT2D eigenvalue weighted by Crippen LogP contribution is -2.46. The van der Waals surface area contributed by atoms with Crippen molar-refractivity contribution in [2.45, 2.75) is 77.7 Å². The number of hydrogen-bond donors (Lipinski definition) is 1. The maximum atomic E-state index is 13.9. The molecule has 1 fully saturated rings. The summed E-state index contributed by atoms with van der Waals surface area (Å²) < 4.78 is 32.9. The number of ether oxygens (including phenoxy) is 3. The Hall–Kier alpha value is -3.26. The van der Waals surface area contributed by atoms with Gasteiger partial charge in [0.25, 0.3) is 0 Å². The average molecular weight is 490 g/mol. The molecule has 2 N–H and O–H groups in total. The Morgan fingerprint density at radius 3 is 2.46 bits per heavy atom. The van der Waals surface area contributed by atoms with E-state index in [4.69, 9.17) is 26.4 Å². The van der Waals surface area contributed by atoms with Crippen molar-refractivity contribution in [3.63, 3.8) is 0 Å². The van der Waals surface area contributed by atoms with Crippen LogP contribution in [0.5, 0.6) is 0 Å². The molecule has 2 aromatic heterocycles. The summed E-state index contributed by atoms with van der Waals surface area (Å²) in [7, 11) is 0. The van der Waals surface area contributed by atoms with Crippen molar-refractivity contribution in [3.8, 4) is 12.3 Å². The molecular formula is C24H32FN5O5. The van der Waals surface area contributed by atoms with E-state index in [9.17, 15) is 14.0 Å². The number of hydrogen-bond acceptors (Lipinski definition) is 9. The number of nitrogen functional groups attached to an aromatic ring is 1. The smallest absolute Gasteiger partial charge is 0.312 e. The second-order valence-electron chi connectivity index (χ2n) is 8.60. The topological polar surface area (TPSA) is 131 Å². The molecule has 190 valence electrons. The lowest BCUT2D eigenvalue weighted by Gasteiger charge is -2.30. The highest BCUT2D eigenvalue weighted by molar-refractivity contribution is 5.81. The normalized spacial score (nSPS) is 22.0. The number of fused-ring (bicyclic) bond motifs is 1. The second-order valence-corrected chi connectivity index (χ2v) is 8.60. The van der Waals surface area contributed by atoms with Gasteiger partial charge in [-0.1, -0.05) is 33.6 Å². The van der Waals surface area contributed by atoms with Gasteiger partial charge in [0.15, 0.2) is 17.0 Å². The van der Waals surface area contributed by atoms with Crippen LogP contribution in [-0.2, 0) is 23.8 Å². The van der Waals surface area contributed by atoms with Crippen LogP contribution in [0.3, 0.4) is 0 Å². The SMILES string of the molecule is C#C[C@]1(COC(=O)C(CC)CC)O[C@@H](n2cnc3c(N)nc(F)nc32)C[C@@H]1OC(=O)C(CC)CC. The summed E-state index contributed by atoms with van der Waals surface area (Å²) >= 11 is 0. The Morgan fingerprint density at radius 1 is 1.23 bits per heavy atom. The molecule has 0 bridgehead atoms. The van der Waals surface area contributed by atoms with Crippen molar-refractivity contribution < 1.29 is 28.2 Å². The molecule has 35 heavy (non-hydrogen) atoms. The lowest BCUT2D eigenvalue weighted by molar-refractivity contribution is -0.171. The van der Waals surface area contributed by atoms with E-state index in [2.05, 4.69) is 20.9 Å². The van der Waals surface area contributed by atoms with Crippen molar-refractivity contribution in [1.82, 2.24) is 19.5 Å². The summed E-state index contributed by atoms with van der Waals surface area (Å²) in [5.41, 5.74) is 4.52. The molecule has 0 unspecified atom stereocenters. The largest absolute Gasteiger partial charge is 0.461 e. The van der Waals surface area contributed by atoms with Crippen LogP contribution >= 0.6 is 0 Å². The molecule has 10 nitrogen and oxygen atoms in total. The highest BCUT2D eigenvalue weighted by Crippen LogP contribution is 2.41. The predicted molar refractivity (Wildman–Crippen MR) is 125 cm³/mol. The average Bonchev–Trinajstić information content (AvgIpc) is 3.41. The minimum atomic E-state index is -1.55. The zero-order valence-electron chi connectivity index (χ0n) is 20.5. The number of terminal acetylenes is 1. The van der Waals surface area contributed by atoms with E-state index in [0.29, 0.717) is 25.7 Å². The van der Waals surface area contributed by atoms with Gasteiger partial charge in [-0.15, -0.1) is 6.42 Å². The molecule has 11 heteroatoms. The molecule has 0 amide bonds. The minimum Gasteiger partial charge on any atom is -0.461 e. The fraction of sp³-hybridized carbons (Fsp3) is 0.625. The van der Waals surface area contributed by atoms with Gasteiger partial charge in [0.1, 0.15) is 18.9 Å². The van der Waals surface area contributed by atoms with Crippen LogP contribution < -0.4 is 5.73 Å². The van der Waals surface area contributed by atoms with Crippen molar-refractivity contribution in [1.29, 1.82) is 0 Å². The quantitative estimate of drug-likeness (QED) is 0.304. The summed E-state index contributed by atoms with van der Waals surface area (Å²) in [6, 6.07) is 0. The third-order valence-electron chi connectivity index (χ3n) is 6.58. The number of rotatable bonds is 10. The Balaban J connectivity index is 1.95. The molecule has 0 aromatic carbocycles. The molecule has 0 aliphatic carbocycles. The van der Waals surface area contributed by atoms with Gasteiger partial charge in [-0.05, 0) is 25.7 Å². The second kappa shape index (κ2) is 11.0. The fourth-order valence-electron chi connectivity index (χ4n) is 4.25. The number of aromatic nitrogens is 4. The maximum Gasteiger partial charge on any atom is 0.312 e. The van der Waals surface area contributed by atoms with Crippen LogP contribution in [0.2, 0.25) is 0 Å². The summed E-state index contributed by atoms with van der Waals surface area (Å²) in [6.45, 7) is 7.27. The van der Waals surface area contributed by atoms with E-state index >= 15 is 0 Å². The van der Waals surface area contributed by atoms with Crippen LogP contribution in [0.15, 0.2) is 6.33 Å². The summed E-state index contributed by atoms with van der Waals surface area (Å²) in [4.78, 5) is 36.8. The highest BCUT2D eigenvalue weighted by Gasteiger charge is 2.53. The van der Waals surface area contributed by atoms with Crippen molar-refractivity contribution >= 4 is 28.9 Å². The zero-order chi connectivity index (χ0) is 25.8. The van der Waals surface area contributed by atoms with E-state index < -0.39 is 35.9 Å². The van der Waals surface area contributed by atoms with Gasteiger partial charge in [0, 0.05) is 6.42 Å². The molecule has 1 aliphatic heterocycles. The number of carbonyl (C=O) groups is 2. The van der Waals surface area contributed by atoms with Crippen molar-refractivity contribution in [3.05, 3.63) is 12.4 Å². The Kier molecular flexibility index (Phi) is 8.27. The first-order chi connectivity index (χ1) is 16.7. The maximum absolute atomic E-state index is 13.9. The van der Waals surface area contributed by atoms with Gasteiger partial charge in [-0.2, -0.15) is 14.4 Å². The molecule has 1 aliphatic rings. The monoisotopic (exact) mass is 489 g/mol. The molecule has 0 radical (unpaired) electrons. The third-order valence-corrected chi connectivity index (χ3v) is 6.58. The Morgan fingerprint density at radius 2 is 1.86 bits per heavy atom. The number of imidazole rings is 1. The first-order valence-electron chi connectivity index (χ1n) is 11.9. The highest BCUT2D eigenvalue weighted by atomic mass is 19.1. The van der Waals surface area contributed by atoms with E-state index in [-0.39, 0.29) is 41.8 Å². The van der Waals surface area contributed by atoms with Crippen LogP contribution in [0.4, 0.5) is 10.2 Å². The number of nitrogens with two attached hydrogens (primary N) is 1. The van der Waals surface area contributed by atoms with Crippen LogP contribution in [0.25, 0.3) is 11.2 Å². The van der Waals surface area contributed by atoms with Crippen LogP contribution in [0.1, 0.15) is 66.0 Å². The number of carbonyl (C=O) groups excluding carboxylic acids is 2. The molecule has 1 saturated heterocycles. The standard InChI is InChI=1S/C24H32FN5O5/c1-6-14(7-2)21(31)33-12-24(10-5)16(34-22(32)15(8-3)9-4)11-17(35-24)30-13-27-18-19(26)28-23(25)29-20(18)30/h5,13-17H,6-9,11-12H2,1-4H3,(H2,26,28,29)/t16-,17+,24+/m0/s1. The lowest BCUT2D eigenvalue weighted by atomic mass is 9.97. The fourth-order valence-corrected chi connectivity index (χ4v) is 4.25. The predicted octanol–water partition coefficient (Wildman–Crippen LogP) is 3.17. The zero-order valence-corrected chi connectivity index (χ0v) is 20.5. The molecule has 2 aromatic rings. The number of halogens is 1. The van der Waals surface area contributed by atoms with E-state index in [1.54, 1.807) is 0 Å². The summed E-state index contributed by atoms with van der Waals surface area (Å²) in [5, 5.41) is 0. The first-order valence-corrected chi connectivity index (χ1v) is 11.9. The molecule has 0 spiro atoms. The van der Waals surface area contributed by atoms with Gasteiger partial charge < -0.3 is 19.9 Å². The van der Waals surface area contributed by atoms with Crippen molar-refractivity contribution in [2.24, 2.45) is 11.8 Å². The van der Waals surface area contributed by atoms with Gasteiger partial charge in [0.2, 0.25) is 5.60 Å². The van der Waals surface area contributed by atoms with Crippen LogP contribution in [0, 0.1) is 30.3 Å². The van der Waals surface area contributed by atoms with E-state index in [1.807, 2.05) is 27.7 Å². The van der Waals surface area contributed by atoms with Crippen LogP contribution in [-0.4, -0.2) is 49.8 Å². The number of esters is 2. The minimum absolute atomic E-state index is 0.104. The van der Waals surface area contributed by atoms with Gasteiger partial charge in [-0.3, -0.25) is 14.2 Å². The van der Waals surface area contributed by atoms with E-state index in [1.165, 1.54) is 10.9 Å². The summed E-state index contributed by atoms with van der Waals surface area (Å²) in [5.74, 6) is 1.02. The van der Waals surface area contributed by atoms with E-state index in [0.717, 1.165) is 0 Å². The van der Waals surface area contributed by atoms with Gasteiger partial charge >= 0.3 is 18.0 Å². The number of nitrogens with zero attached hydrogens (tertiary/aromatic N) is 4. The molecule has 0 saturated carbocycles. The van der Waals surface area contributed by atoms with Crippen molar-refractivity contribution in [2.75, 3.05) is 12.3 Å². The molecule has 3 atom stereocenters. The third kappa shape index (κ3) is 5.22. The van der Waals surface area contributed by atoms with Gasteiger partial charge in [0.05, 0.1) is 18.2 Å². The Labute approximate surface area is 203 Å². The molecule has 3 rings (SSSR count). The molecule has 3 heterocycles. The Bertz CT molecular complexity index is 1110. The number of anilines is 1. The molecular weight excluding hydrogens is 457 g/mol.